The van der Waals surface area contributed by atoms with Gasteiger partial charge in [-0.05, 0) is 66.1 Å². The molecule has 0 fully saturated rings. The number of methoxy groups -OCH3 is 6. The Labute approximate surface area is 227 Å². The third kappa shape index (κ3) is 5.05. The fourth-order valence-corrected chi connectivity index (χ4v) is 4.76. The van der Waals surface area contributed by atoms with E-state index in [2.05, 4.69) is 0 Å². The third-order valence-electron chi connectivity index (χ3n) is 6.69. The van der Waals surface area contributed by atoms with Crippen LogP contribution in [0, 0.1) is 6.92 Å². The zero-order chi connectivity index (χ0) is 28.3. The lowest BCUT2D eigenvalue weighted by Crippen LogP contribution is -2.30. The van der Waals surface area contributed by atoms with E-state index < -0.39 is 11.8 Å². The molecule has 9 nitrogen and oxygen atoms in total. The molecular weight excluding hydrogens is 504 g/mol. The lowest BCUT2D eigenvalue weighted by molar-refractivity contribution is -0.185. The molecule has 0 saturated carbocycles. The average molecular weight is 537 g/mol. The summed E-state index contributed by atoms with van der Waals surface area (Å²) in [5.41, 5.74) is 2.82. The van der Waals surface area contributed by atoms with E-state index in [0.717, 1.165) is 5.56 Å². The van der Waals surface area contributed by atoms with Crippen molar-refractivity contribution in [2.45, 2.75) is 19.1 Å². The molecule has 206 valence electrons. The van der Waals surface area contributed by atoms with Crippen molar-refractivity contribution < 1.29 is 43.1 Å². The van der Waals surface area contributed by atoms with Crippen molar-refractivity contribution in [2.24, 2.45) is 0 Å². The Morgan fingerprint density at radius 1 is 0.744 bits per heavy atom. The van der Waals surface area contributed by atoms with Gasteiger partial charge in [0, 0.05) is 23.6 Å². The minimum atomic E-state index is -2.07. The second-order valence-corrected chi connectivity index (χ2v) is 8.88. The van der Waals surface area contributed by atoms with Crippen LogP contribution in [-0.2, 0) is 21.7 Å². The molecular formula is C30H32O9. The van der Waals surface area contributed by atoms with E-state index in [-0.39, 0.29) is 12.0 Å². The van der Waals surface area contributed by atoms with Crippen molar-refractivity contribution in [2.75, 3.05) is 42.7 Å². The summed E-state index contributed by atoms with van der Waals surface area (Å²) in [6.07, 6.45) is 0.110. The molecule has 0 amide bonds. The summed E-state index contributed by atoms with van der Waals surface area (Å²) in [5, 5.41) is 12.1. The monoisotopic (exact) mass is 536 g/mol. The molecule has 4 rings (SSSR count). The van der Waals surface area contributed by atoms with Gasteiger partial charge in [-0.25, -0.2) is 4.79 Å². The number of ether oxygens (including phenoxy) is 7. The quantitative estimate of drug-likeness (QED) is 0.377. The normalized spacial score (nSPS) is 16.6. The zero-order valence-electron chi connectivity index (χ0n) is 23.0. The average Bonchev–Trinajstić information content (AvgIpc) is 3.21. The smallest absolute Gasteiger partial charge is 0.342 e. The number of carbonyl (C=O) groups is 1. The van der Waals surface area contributed by atoms with Gasteiger partial charge in [0.1, 0.15) is 17.2 Å². The summed E-state index contributed by atoms with van der Waals surface area (Å²) >= 11 is 0. The molecule has 0 aromatic heterocycles. The van der Waals surface area contributed by atoms with E-state index in [1.807, 2.05) is 6.92 Å². The van der Waals surface area contributed by atoms with E-state index in [4.69, 9.17) is 33.2 Å². The lowest BCUT2D eigenvalue weighted by atomic mass is 9.87. The molecule has 0 aliphatic carbocycles. The molecule has 39 heavy (non-hydrogen) atoms. The van der Waals surface area contributed by atoms with Crippen molar-refractivity contribution in [1.82, 2.24) is 0 Å². The Bertz CT molecular complexity index is 1380. The van der Waals surface area contributed by atoms with Gasteiger partial charge < -0.3 is 38.3 Å². The molecule has 1 aliphatic rings. The largest absolute Gasteiger partial charge is 0.497 e. The lowest BCUT2D eigenvalue weighted by Gasteiger charge is -2.26. The summed E-state index contributed by atoms with van der Waals surface area (Å²) in [6, 6.07) is 13.7. The Morgan fingerprint density at radius 3 is 1.82 bits per heavy atom. The van der Waals surface area contributed by atoms with Crippen LogP contribution in [0.15, 0.2) is 54.1 Å². The highest BCUT2D eigenvalue weighted by Crippen LogP contribution is 2.47. The second kappa shape index (κ2) is 11.2. The maximum atomic E-state index is 13.5. The van der Waals surface area contributed by atoms with E-state index in [0.29, 0.717) is 56.8 Å². The molecule has 1 N–H and O–H groups in total. The fraction of sp³-hybridized carbons (Fsp3) is 0.300. The van der Waals surface area contributed by atoms with Crippen LogP contribution in [0.2, 0.25) is 0 Å². The summed E-state index contributed by atoms with van der Waals surface area (Å²) in [7, 11) is 9.17. The van der Waals surface area contributed by atoms with Gasteiger partial charge in [-0.1, -0.05) is 0 Å². The molecule has 3 aromatic carbocycles. The highest BCUT2D eigenvalue weighted by Gasteiger charge is 2.48. The van der Waals surface area contributed by atoms with Crippen molar-refractivity contribution in [1.29, 1.82) is 0 Å². The SMILES string of the molecule is COc1cc(OC)cc(C2=C(Cc3cc(OC)c(OC)c(OC)c3)C(O)(c3ccc(OC)c(C)c3)OC2=O)c1. The molecule has 1 atom stereocenters. The summed E-state index contributed by atoms with van der Waals surface area (Å²) < 4.78 is 38.5. The minimum Gasteiger partial charge on any atom is -0.497 e. The highest BCUT2D eigenvalue weighted by molar-refractivity contribution is 6.20. The van der Waals surface area contributed by atoms with Crippen LogP contribution in [0.25, 0.3) is 5.57 Å². The van der Waals surface area contributed by atoms with E-state index >= 15 is 0 Å². The number of cyclic esters (lactones) is 1. The van der Waals surface area contributed by atoms with Gasteiger partial charge in [0.2, 0.25) is 5.75 Å². The molecule has 0 spiro atoms. The maximum Gasteiger partial charge on any atom is 0.342 e. The summed E-state index contributed by atoms with van der Waals surface area (Å²) in [6.45, 7) is 1.85. The van der Waals surface area contributed by atoms with Gasteiger partial charge >= 0.3 is 5.97 Å². The van der Waals surface area contributed by atoms with Crippen molar-refractivity contribution in [3.8, 4) is 34.5 Å². The van der Waals surface area contributed by atoms with Crippen LogP contribution in [0.1, 0.15) is 22.3 Å². The Morgan fingerprint density at radius 2 is 1.33 bits per heavy atom. The summed E-state index contributed by atoms with van der Waals surface area (Å²) in [4.78, 5) is 13.5. The highest BCUT2D eigenvalue weighted by atomic mass is 16.7. The number of hydrogen-bond acceptors (Lipinski definition) is 9. The number of aryl methyl sites for hydroxylation is 1. The number of hydrogen-bond donors (Lipinski definition) is 1. The third-order valence-corrected chi connectivity index (χ3v) is 6.69. The van der Waals surface area contributed by atoms with Gasteiger partial charge in [-0.2, -0.15) is 0 Å². The molecule has 1 heterocycles. The van der Waals surface area contributed by atoms with Crippen LogP contribution in [-0.4, -0.2) is 53.7 Å². The molecule has 3 aromatic rings. The molecule has 1 unspecified atom stereocenters. The van der Waals surface area contributed by atoms with Crippen LogP contribution >= 0.6 is 0 Å². The van der Waals surface area contributed by atoms with E-state index in [9.17, 15) is 9.90 Å². The Hall–Kier alpha value is -4.37. The number of esters is 1. The molecule has 0 saturated heterocycles. The first-order valence-corrected chi connectivity index (χ1v) is 12.1. The van der Waals surface area contributed by atoms with Crippen LogP contribution in [0.5, 0.6) is 34.5 Å². The van der Waals surface area contributed by atoms with Crippen LogP contribution in [0.3, 0.4) is 0 Å². The van der Waals surface area contributed by atoms with Crippen molar-refractivity contribution in [3.05, 3.63) is 76.4 Å². The Kier molecular flexibility index (Phi) is 7.92. The molecule has 0 bridgehead atoms. The van der Waals surface area contributed by atoms with Crippen molar-refractivity contribution >= 4 is 11.5 Å². The fourth-order valence-electron chi connectivity index (χ4n) is 4.76. The van der Waals surface area contributed by atoms with Crippen LogP contribution in [0.4, 0.5) is 0 Å². The van der Waals surface area contributed by atoms with Crippen molar-refractivity contribution in [3.63, 3.8) is 0 Å². The second-order valence-electron chi connectivity index (χ2n) is 8.88. The minimum absolute atomic E-state index is 0.110. The predicted molar refractivity (Wildman–Crippen MR) is 144 cm³/mol. The number of aliphatic hydroxyl groups is 1. The molecule has 1 aliphatic heterocycles. The summed E-state index contributed by atoms with van der Waals surface area (Å²) in [5.74, 6) is 0.135. The zero-order valence-corrected chi connectivity index (χ0v) is 23.0. The van der Waals surface area contributed by atoms with Gasteiger partial charge in [-0.3, -0.25) is 0 Å². The maximum absolute atomic E-state index is 13.5. The van der Waals surface area contributed by atoms with Gasteiger partial charge in [0.25, 0.3) is 5.79 Å². The Balaban J connectivity index is 1.98. The van der Waals surface area contributed by atoms with Crippen LogP contribution < -0.4 is 28.4 Å². The molecule has 0 radical (unpaired) electrons. The molecule has 9 heteroatoms. The van der Waals surface area contributed by atoms with Gasteiger partial charge in [0.15, 0.2) is 11.5 Å². The number of rotatable bonds is 10. The van der Waals surface area contributed by atoms with E-state index in [1.54, 1.807) is 55.6 Å². The first-order chi connectivity index (χ1) is 18.7. The first-order valence-electron chi connectivity index (χ1n) is 12.1. The number of carbonyl (C=O) groups excluding carboxylic acids is 1. The van der Waals surface area contributed by atoms with Gasteiger partial charge in [0.05, 0.1) is 48.2 Å². The predicted octanol–water partition coefficient (Wildman–Crippen LogP) is 4.45. The standard InChI is InChI=1S/C30H32O9/c1-17-10-20(8-9-24(17)35-4)30(32)23(11-18-12-25(36-5)28(38-7)26(13-18)37-6)27(29(31)39-30)19-14-21(33-2)16-22(15-19)34-3/h8-10,12-16,32H,11H2,1-7H3. The first kappa shape index (κ1) is 27.7. The van der Waals surface area contributed by atoms with Gasteiger partial charge in [-0.15, -0.1) is 0 Å². The number of benzene rings is 3. The van der Waals surface area contributed by atoms with E-state index in [1.165, 1.54) is 35.5 Å². The topological polar surface area (TPSA) is 102 Å².